The van der Waals surface area contributed by atoms with Gasteiger partial charge in [-0.3, -0.25) is 0 Å². The first-order chi connectivity index (χ1) is 8.59. The number of halogens is 2. The van der Waals surface area contributed by atoms with E-state index >= 15 is 0 Å². The lowest BCUT2D eigenvalue weighted by Crippen LogP contribution is -2.21. The van der Waals surface area contributed by atoms with E-state index in [1.54, 1.807) is 0 Å². The molecule has 0 aliphatic carbocycles. The van der Waals surface area contributed by atoms with E-state index in [-0.39, 0.29) is 10.6 Å². The molecular formula is C14H11F2NS. The van der Waals surface area contributed by atoms with Crippen molar-refractivity contribution in [3.8, 4) is 0 Å². The van der Waals surface area contributed by atoms with Gasteiger partial charge in [0.2, 0.25) is 0 Å². The highest BCUT2D eigenvalue weighted by Gasteiger charge is 2.20. The Kier molecular flexibility index (Phi) is 3.67. The molecule has 0 saturated carbocycles. The molecular weight excluding hydrogens is 252 g/mol. The first-order valence-electron chi connectivity index (χ1n) is 5.39. The Labute approximate surface area is 109 Å². The third-order valence-corrected chi connectivity index (χ3v) is 2.93. The van der Waals surface area contributed by atoms with Gasteiger partial charge in [-0.05, 0) is 11.6 Å². The third-order valence-electron chi connectivity index (χ3n) is 2.69. The van der Waals surface area contributed by atoms with Crippen molar-refractivity contribution in [2.24, 2.45) is 5.73 Å². The molecule has 0 amide bonds. The second-order valence-corrected chi connectivity index (χ2v) is 4.38. The lowest BCUT2D eigenvalue weighted by atomic mass is 9.91. The van der Waals surface area contributed by atoms with Crippen molar-refractivity contribution in [1.82, 2.24) is 0 Å². The number of benzene rings is 2. The first-order valence-corrected chi connectivity index (χ1v) is 5.79. The van der Waals surface area contributed by atoms with Crippen LogP contribution in [0.5, 0.6) is 0 Å². The summed E-state index contributed by atoms with van der Waals surface area (Å²) in [6.45, 7) is 0. The van der Waals surface area contributed by atoms with Gasteiger partial charge >= 0.3 is 0 Å². The largest absolute Gasteiger partial charge is 0.393 e. The maximum absolute atomic E-state index is 13.8. The van der Waals surface area contributed by atoms with Gasteiger partial charge in [-0.2, -0.15) is 0 Å². The van der Waals surface area contributed by atoms with E-state index in [9.17, 15) is 8.78 Å². The zero-order valence-electron chi connectivity index (χ0n) is 9.44. The van der Waals surface area contributed by atoms with Crippen LogP contribution in [-0.4, -0.2) is 4.99 Å². The van der Waals surface area contributed by atoms with Crippen LogP contribution in [0, 0.1) is 11.6 Å². The molecule has 0 fully saturated rings. The predicted molar refractivity (Wildman–Crippen MR) is 71.4 cm³/mol. The highest BCUT2D eigenvalue weighted by atomic mass is 32.1. The zero-order chi connectivity index (χ0) is 13.1. The molecule has 0 aliphatic heterocycles. The Bertz CT molecular complexity index is 569. The topological polar surface area (TPSA) is 26.0 Å². The van der Waals surface area contributed by atoms with Crippen LogP contribution in [0.25, 0.3) is 0 Å². The van der Waals surface area contributed by atoms with Crippen LogP contribution < -0.4 is 5.73 Å². The highest BCUT2D eigenvalue weighted by Crippen LogP contribution is 2.27. The number of hydrogen-bond donors (Lipinski definition) is 1. The van der Waals surface area contributed by atoms with Gasteiger partial charge in [-0.15, -0.1) is 0 Å². The van der Waals surface area contributed by atoms with Gasteiger partial charge in [0.15, 0.2) is 0 Å². The van der Waals surface area contributed by atoms with E-state index < -0.39 is 17.6 Å². The number of thiocarbonyl (C=S) groups is 1. The van der Waals surface area contributed by atoms with Crippen molar-refractivity contribution >= 4 is 17.2 Å². The molecule has 2 aromatic rings. The molecule has 0 heterocycles. The predicted octanol–water partition coefficient (Wildman–Crippen LogP) is 3.38. The Balaban J connectivity index is 2.52. The summed E-state index contributed by atoms with van der Waals surface area (Å²) in [7, 11) is 0. The van der Waals surface area contributed by atoms with Gasteiger partial charge in [0, 0.05) is 11.6 Å². The molecule has 1 nitrogen and oxygen atoms in total. The Morgan fingerprint density at radius 2 is 1.72 bits per heavy atom. The molecule has 0 aromatic heterocycles. The van der Waals surface area contributed by atoms with Gasteiger partial charge in [0.25, 0.3) is 0 Å². The zero-order valence-corrected chi connectivity index (χ0v) is 10.3. The molecule has 18 heavy (non-hydrogen) atoms. The van der Waals surface area contributed by atoms with E-state index in [0.717, 1.165) is 11.6 Å². The van der Waals surface area contributed by atoms with Crippen molar-refractivity contribution in [3.63, 3.8) is 0 Å². The quantitative estimate of drug-likeness (QED) is 0.859. The van der Waals surface area contributed by atoms with E-state index in [4.69, 9.17) is 18.0 Å². The highest BCUT2D eigenvalue weighted by molar-refractivity contribution is 7.80. The maximum atomic E-state index is 13.8. The summed E-state index contributed by atoms with van der Waals surface area (Å²) in [6.07, 6.45) is 0. The summed E-state index contributed by atoms with van der Waals surface area (Å²) in [5, 5.41) is 0. The molecule has 1 atom stereocenters. The SMILES string of the molecule is NC(=S)C(c1ccccc1)c1ccc(F)cc1F. The lowest BCUT2D eigenvalue weighted by molar-refractivity contribution is 0.572. The first kappa shape index (κ1) is 12.6. The lowest BCUT2D eigenvalue weighted by Gasteiger charge is -2.17. The molecule has 0 radical (unpaired) electrons. The Morgan fingerprint density at radius 3 is 2.28 bits per heavy atom. The van der Waals surface area contributed by atoms with Crippen LogP contribution in [0.2, 0.25) is 0 Å². The normalized spacial score (nSPS) is 12.1. The van der Waals surface area contributed by atoms with E-state index in [2.05, 4.69) is 0 Å². The van der Waals surface area contributed by atoms with Crippen LogP contribution in [0.1, 0.15) is 17.0 Å². The number of hydrogen-bond acceptors (Lipinski definition) is 1. The summed E-state index contributed by atoms with van der Waals surface area (Å²) in [6, 6.07) is 12.5. The molecule has 0 spiro atoms. The fourth-order valence-electron chi connectivity index (χ4n) is 1.88. The van der Waals surface area contributed by atoms with Crippen molar-refractivity contribution in [2.45, 2.75) is 5.92 Å². The minimum atomic E-state index is -0.642. The summed E-state index contributed by atoms with van der Waals surface area (Å²) in [5.74, 6) is -1.80. The molecule has 1 unspecified atom stereocenters. The molecule has 2 N–H and O–H groups in total. The fourth-order valence-corrected chi connectivity index (χ4v) is 2.14. The fraction of sp³-hybridized carbons (Fsp3) is 0.0714. The molecule has 2 rings (SSSR count). The summed E-state index contributed by atoms with van der Waals surface area (Å²) < 4.78 is 26.7. The minimum absolute atomic E-state index is 0.159. The summed E-state index contributed by atoms with van der Waals surface area (Å²) in [5.41, 5.74) is 6.75. The molecule has 92 valence electrons. The van der Waals surface area contributed by atoms with Crippen molar-refractivity contribution in [2.75, 3.05) is 0 Å². The molecule has 0 aliphatic rings. The van der Waals surface area contributed by atoms with E-state index in [1.807, 2.05) is 30.3 Å². The van der Waals surface area contributed by atoms with E-state index in [0.29, 0.717) is 0 Å². The summed E-state index contributed by atoms with van der Waals surface area (Å²) in [4.78, 5) is 0.159. The average Bonchev–Trinajstić information content (AvgIpc) is 2.33. The standard InChI is InChI=1S/C14H11F2NS/c15-10-6-7-11(12(16)8-10)13(14(17)18)9-4-2-1-3-5-9/h1-8,13H,(H2,17,18). The van der Waals surface area contributed by atoms with Gasteiger partial charge in [0.05, 0.1) is 10.9 Å². The van der Waals surface area contributed by atoms with Crippen LogP contribution >= 0.6 is 12.2 Å². The second kappa shape index (κ2) is 5.23. The summed E-state index contributed by atoms with van der Waals surface area (Å²) >= 11 is 4.99. The molecule has 4 heteroatoms. The Morgan fingerprint density at radius 1 is 1.06 bits per heavy atom. The monoisotopic (exact) mass is 263 g/mol. The van der Waals surface area contributed by atoms with Crippen LogP contribution in [0.15, 0.2) is 48.5 Å². The minimum Gasteiger partial charge on any atom is -0.393 e. The molecule has 0 saturated heterocycles. The van der Waals surface area contributed by atoms with E-state index in [1.165, 1.54) is 12.1 Å². The maximum Gasteiger partial charge on any atom is 0.130 e. The van der Waals surface area contributed by atoms with Gasteiger partial charge in [-0.25, -0.2) is 8.78 Å². The Hall–Kier alpha value is -1.81. The molecule has 2 aromatic carbocycles. The number of nitrogens with two attached hydrogens (primary N) is 1. The van der Waals surface area contributed by atoms with Gasteiger partial charge in [0.1, 0.15) is 11.6 Å². The average molecular weight is 263 g/mol. The van der Waals surface area contributed by atoms with Crippen LogP contribution in [0.4, 0.5) is 8.78 Å². The van der Waals surface area contributed by atoms with Crippen molar-refractivity contribution in [1.29, 1.82) is 0 Å². The second-order valence-electron chi connectivity index (χ2n) is 3.91. The molecule has 0 bridgehead atoms. The van der Waals surface area contributed by atoms with Crippen molar-refractivity contribution < 1.29 is 8.78 Å². The van der Waals surface area contributed by atoms with Crippen LogP contribution in [-0.2, 0) is 0 Å². The van der Waals surface area contributed by atoms with Gasteiger partial charge in [-0.1, -0.05) is 48.6 Å². The smallest absolute Gasteiger partial charge is 0.130 e. The van der Waals surface area contributed by atoms with Crippen LogP contribution in [0.3, 0.4) is 0 Å². The van der Waals surface area contributed by atoms with Crippen molar-refractivity contribution in [3.05, 3.63) is 71.3 Å². The third kappa shape index (κ3) is 2.54. The number of rotatable bonds is 3. The van der Waals surface area contributed by atoms with Gasteiger partial charge < -0.3 is 5.73 Å².